The van der Waals surface area contributed by atoms with Crippen molar-refractivity contribution in [3.05, 3.63) is 47.7 Å². The molecule has 1 aromatic carbocycles. The number of Topliss-reactive ketones (excluding diaryl/α,β-unsaturated/α-hetero) is 1. The van der Waals surface area contributed by atoms with Crippen LogP contribution in [0.5, 0.6) is 0 Å². The van der Waals surface area contributed by atoms with Gasteiger partial charge in [-0.25, -0.2) is 4.79 Å². The van der Waals surface area contributed by atoms with Crippen LogP contribution in [0.1, 0.15) is 18.1 Å². The summed E-state index contributed by atoms with van der Waals surface area (Å²) in [5.41, 5.74) is 0.932. The molecule has 2 saturated heterocycles. The average Bonchev–Trinajstić information content (AvgIpc) is 2.69. The molecule has 0 aromatic heterocycles. The number of nitrogens with one attached hydrogen (secondary N) is 1. The number of aliphatic hydroxyl groups is 1. The van der Waals surface area contributed by atoms with Gasteiger partial charge in [0.2, 0.25) is 0 Å². The van der Waals surface area contributed by atoms with Gasteiger partial charge in [0.15, 0.2) is 5.78 Å². The summed E-state index contributed by atoms with van der Waals surface area (Å²) in [6.07, 6.45) is 1.17. The highest BCUT2D eigenvalue weighted by Crippen LogP contribution is 2.28. The third-order valence-corrected chi connectivity index (χ3v) is 5.01. The fourth-order valence-electron chi connectivity index (χ4n) is 3.39. The number of esters is 1. The molecule has 0 radical (unpaired) electrons. The second-order valence-corrected chi connectivity index (χ2v) is 6.85. The first kappa shape index (κ1) is 19.5. The molecule has 1 atom stereocenters. The lowest BCUT2D eigenvalue weighted by Gasteiger charge is -2.34. The number of ether oxygens (including phenoxy) is 1. The van der Waals surface area contributed by atoms with Crippen LogP contribution in [0, 0.1) is 0 Å². The maximum absolute atomic E-state index is 12.3. The van der Waals surface area contributed by atoms with Crippen molar-refractivity contribution in [1.82, 2.24) is 15.1 Å². The van der Waals surface area contributed by atoms with Crippen LogP contribution >= 0.6 is 0 Å². The number of aliphatic hydroxyl groups excluding tert-OH is 1. The standard InChI is InChI=1S/C20H27N3O4/c24-13-12-23-10-8-22(9-11-23)7-6-21-15-17-18(25)14-19(27-20(17)26)16-4-2-1-3-5-16/h1-5,15,19,21,24H,6-14H2. The van der Waals surface area contributed by atoms with Gasteiger partial charge in [0.1, 0.15) is 11.7 Å². The minimum absolute atomic E-state index is 0.0925. The minimum Gasteiger partial charge on any atom is -0.453 e. The zero-order chi connectivity index (χ0) is 19.1. The number of carbonyl (C=O) groups is 2. The highest BCUT2D eigenvalue weighted by atomic mass is 16.5. The van der Waals surface area contributed by atoms with E-state index in [0.717, 1.165) is 44.8 Å². The number of cyclic esters (lactones) is 1. The van der Waals surface area contributed by atoms with Crippen LogP contribution < -0.4 is 5.32 Å². The topological polar surface area (TPSA) is 82.1 Å². The molecule has 0 spiro atoms. The predicted molar refractivity (Wildman–Crippen MR) is 101 cm³/mol. The second kappa shape index (κ2) is 9.64. The third-order valence-electron chi connectivity index (χ3n) is 5.01. The maximum atomic E-state index is 12.3. The molecule has 0 amide bonds. The number of nitrogens with zero attached hydrogens (tertiary/aromatic N) is 2. The number of carbonyl (C=O) groups excluding carboxylic acids is 2. The summed E-state index contributed by atoms with van der Waals surface area (Å²) in [5.74, 6) is -0.754. The van der Waals surface area contributed by atoms with E-state index in [-0.39, 0.29) is 24.4 Å². The molecule has 0 aliphatic carbocycles. The number of β-amino-alcohol motifs (C(OH)–C–C–N with tert-alkyl or cyclic N) is 1. The van der Waals surface area contributed by atoms with Gasteiger partial charge in [0.05, 0.1) is 13.0 Å². The van der Waals surface area contributed by atoms with Crippen LogP contribution in [0.15, 0.2) is 42.1 Å². The third kappa shape index (κ3) is 5.38. The quantitative estimate of drug-likeness (QED) is 0.308. The van der Waals surface area contributed by atoms with Crippen molar-refractivity contribution in [2.75, 3.05) is 52.4 Å². The Morgan fingerprint density at radius 2 is 1.74 bits per heavy atom. The zero-order valence-electron chi connectivity index (χ0n) is 15.5. The molecule has 1 unspecified atom stereocenters. The van der Waals surface area contributed by atoms with E-state index in [0.29, 0.717) is 6.54 Å². The highest BCUT2D eigenvalue weighted by molar-refractivity contribution is 6.18. The van der Waals surface area contributed by atoms with E-state index in [1.807, 2.05) is 30.3 Å². The number of rotatable bonds is 7. The largest absolute Gasteiger partial charge is 0.453 e. The lowest BCUT2D eigenvalue weighted by molar-refractivity contribution is -0.151. The van der Waals surface area contributed by atoms with Gasteiger partial charge in [-0.3, -0.25) is 14.6 Å². The van der Waals surface area contributed by atoms with Gasteiger partial charge < -0.3 is 15.2 Å². The molecule has 0 saturated carbocycles. The Balaban J connectivity index is 1.43. The SMILES string of the molecule is O=C1CC(c2ccccc2)OC(=O)C1=CNCCN1CCN(CCO)CC1. The molecule has 2 heterocycles. The molecule has 2 N–H and O–H groups in total. The van der Waals surface area contributed by atoms with Crippen LogP contribution in [-0.2, 0) is 14.3 Å². The molecule has 7 nitrogen and oxygen atoms in total. The molecular formula is C20H27N3O4. The summed E-state index contributed by atoms with van der Waals surface area (Å²) < 4.78 is 5.43. The van der Waals surface area contributed by atoms with E-state index in [1.165, 1.54) is 6.20 Å². The van der Waals surface area contributed by atoms with E-state index < -0.39 is 12.1 Å². The van der Waals surface area contributed by atoms with Crippen molar-refractivity contribution >= 4 is 11.8 Å². The van der Waals surface area contributed by atoms with Crippen molar-refractivity contribution in [1.29, 1.82) is 0 Å². The van der Waals surface area contributed by atoms with Crippen LogP contribution in [0.3, 0.4) is 0 Å². The molecule has 7 heteroatoms. The number of benzene rings is 1. The predicted octanol–water partition coefficient (Wildman–Crippen LogP) is 0.327. The maximum Gasteiger partial charge on any atom is 0.343 e. The van der Waals surface area contributed by atoms with Crippen LogP contribution in [0.2, 0.25) is 0 Å². The molecule has 3 rings (SSSR count). The van der Waals surface area contributed by atoms with Crippen molar-refractivity contribution < 1.29 is 19.4 Å². The highest BCUT2D eigenvalue weighted by Gasteiger charge is 2.32. The monoisotopic (exact) mass is 373 g/mol. The van der Waals surface area contributed by atoms with Gasteiger partial charge >= 0.3 is 5.97 Å². The van der Waals surface area contributed by atoms with Gasteiger partial charge in [0, 0.05) is 52.0 Å². The Morgan fingerprint density at radius 1 is 1.07 bits per heavy atom. The van der Waals surface area contributed by atoms with E-state index in [4.69, 9.17) is 9.84 Å². The average molecular weight is 373 g/mol. The molecule has 2 aliphatic heterocycles. The van der Waals surface area contributed by atoms with Gasteiger partial charge in [-0.2, -0.15) is 0 Å². The second-order valence-electron chi connectivity index (χ2n) is 6.85. The molecule has 2 aliphatic rings. The first-order valence-electron chi connectivity index (χ1n) is 9.45. The van der Waals surface area contributed by atoms with Crippen molar-refractivity contribution in [3.8, 4) is 0 Å². The number of ketones is 1. The first-order valence-corrected chi connectivity index (χ1v) is 9.45. The van der Waals surface area contributed by atoms with Crippen molar-refractivity contribution in [3.63, 3.8) is 0 Å². The Morgan fingerprint density at radius 3 is 2.37 bits per heavy atom. The zero-order valence-corrected chi connectivity index (χ0v) is 15.5. The van der Waals surface area contributed by atoms with Gasteiger partial charge in [-0.1, -0.05) is 30.3 Å². The van der Waals surface area contributed by atoms with Crippen LogP contribution in [0.25, 0.3) is 0 Å². The molecule has 1 aromatic rings. The number of piperazine rings is 1. The summed E-state index contributed by atoms with van der Waals surface area (Å²) in [4.78, 5) is 29.1. The lowest BCUT2D eigenvalue weighted by Crippen LogP contribution is -2.48. The Hall–Kier alpha value is -2.22. The van der Waals surface area contributed by atoms with Gasteiger partial charge in [-0.15, -0.1) is 0 Å². The van der Waals surface area contributed by atoms with Gasteiger partial charge in [0.25, 0.3) is 0 Å². The molecule has 27 heavy (non-hydrogen) atoms. The molecule has 0 bridgehead atoms. The molecular weight excluding hydrogens is 346 g/mol. The summed E-state index contributed by atoms with van der Waals surface area (Å²) in [6.45, 7) is 6.24. The fourth-order valence-corrected chi connectivity index (χ4v) is 3.39. The Bertz CT molecular complexity index is 649. The summed E-state index contributed by atoms with van der Waals surface area (Å²) >= 11 is 0. The van der Waals surface area contributed by atoms with Crippen LogP contribution in [-0.4, -0.2) is 79.1 Å². The summed E-state index contributed by atoms with van der Waals surface area (Å²) in [7, 11) is 0. The normalized spacial score (nSPS) is 23.4. The van der Waals surface area contributed by atoms with Gasteiger partial charge in [-0.05, 0) is 5.56 Å². The minimum atomic E-state index is -0.565. The van der Waals surface area contributed by atoms with Crippen LogP contribution in [0.4, 0.5) is 0 Å². The van der Waals surface area contributed by atoms with E-state index in [1.54, 1.807) is 0 Å². The lowest BCUT2D eigenvalue weighted by atomic mass is 9.97. The van der Waals surface area contributed by atoms with E-state index in [9.17, 15) is 9.59 Å². The first-order chi connectivity index (χ1) is 13.2. The molecule has 2 fully saturated rings. The van der Waals surface area contributed by atoms with Crippen molar-refractivity contribution in [2.45, 2.75) is 12.5 Å². The fraction of sp³-hybridized carbons (Fsp3) is 0.500. The summed E-state index contributed by atoms with van der Waals surface area (Å²) in [5, 5.41) is 12.0. The van der Waals surface area contributed by atoms with E-state index in [2.05, 4.69) is 15.1 Å². The smallest absolute Gasteiger partial charge is 0.343 e. The molecule has 146 valence electrons. The van der Waals surface area contributed by atoms with Crippen molar-refractivity contribution in [2.24, 2.45) is 0 Å². The Labute approximate surface area is 159 Å². The summed E-state index contributed by atoms with van der Waals surface area (Å²) in [6, 6.07) is 9.34. The van der Waals surface area contributed by atoms with E-state index >= 15 is 0 Å². The number of hydrogen-bond donors (Lipinski definition) is 2. The number of hydrogen-bond acceptors (Lipinski definition) is 7. The Kier molecular flexibility index (Phi) is 6.98.